The largest absolute Gasteiger partial charge is 0.396 e. The summed E-state index contributed by atoms with van der Waals surface area (Å²) in [7, 11) is 0. The van der Waals surface area contributed by atoms with Gasteiger partial charge in [-0.05, 0) is 37.0 Å². The molecule has 4 heteroatoms. The fourth-order valence-electron chi connectivity index (χ4n) is 2.29. The molecule has 1 aromatic carbocycles. The van der Waals surface area contributed by atoms with Gasteiger partial charge in [0.15, 0.2) is 6.29 Å². The standard InChI is InChI=1S/C13H16ClNO2/c14-13-7-12(2-1-11(13)9-17)15-5-3-10(8-15)4-6-16/h1-2,7,9-10,16H,3-6,8H2. The van der Waals surface area contributed by atoms with Gasteiger partial charge in [-0.2, -0.15) is 0 Å². The zero-order valence-electron chi connectivity index (χ0n) is 9.60. The predicted molar refractivity (Wildman–Crippen MR) is 68.9 cm³/mol. The van der Waals surface area contributed by atoms with Crippen molar-refractivity contribution in [3.63, 3.8) is 0 Å². The summed E-state index contributed by atoms with van der Waals surface area (Å²) in [5, 5.41) is 9.42. The van der Waals surface area contributed by atoms with E-state index in [0.717, 1.165) is 37.9 Å². The fourth-order valence-corrected chi connectivity index (χ4v) is 2.51. The Labute approximate surface area is 106 Å². The molecule has 3 nitrogen and oxygen atoms in total. The molecule has 0 aliphatic carbocycles. The van der Waals surface area contributed by atoms with Crippen LogP contribution in [0, 0.1) is 5.92 Å². The van der Waals surface area contributed by atoms with E-state index in [1.807, 2.05) is 12.1 Å². The van der Waals surface area contributed by atoms with Crippen molar-refractivity contribution < 1.29 is 9.90 Å². The molecule has 1 N–H and O–H groups in total. The average Bonchev–Trinajstić information content (AvgIpc) is 2.78. The van der Waals surface area contributed by atoms with Gasteiger partial charge in [-0.15, -0.1) is 0 Å². The molecular weight excluding hydrogens is 238 g/mol. The van der Waals surface area contributed by atoms with Crippen molar-refractivity contribution in [1.29, 1.82) is 0 Å². The zero-order chi connectivity index (χ0) is 12.3. The maximum atomic E-state index is 10.7. The van der Waals surface area contributed by atoms with Crippen molar-refractivity contribution in [2.24, 2.45) is 5.92 Å². The Morgan fingerprint density at radius 1 is 1.53 bits per heavy atom. The van der Waals surface area contributed by atoms with Crippen molar-refractivity contribution in [2.45, 2.75) is 12.8 Å². The van der Waals surface area contributed by atoms with Gasteiger partial charge in [0.25, 0.3) is 0 Å². The summed E-state index contributed by atoms with van der Waals surface area (Å²) in [6.07, 6.45) is 2.73. The van der Waals surface area contributed by atoms with E-state index in [2.05, 4.69) is 4.90 Å². The maximum absolute atomic E-state index is 10.7. The Hall–Kier alpha value is -1.06. The lowest BCUT2D eigenvalue weighted by Gasteiger charge is -2.19. The Morgan fingerprint density at radius 2 is 2.35 bits per heavy atom. The first-order valence-electron chi connectivity index (χ1n) is 5.85. The van der Waals surface area contributed by atoms with Crippen LogP contribution in [0.3, 0.4) is 0 Å². The maximum Gasteiger partial charge on any atom is 0.151 e. The Bertz CT molecular complexity index is 408. The van der Waals surface area contributed by atoms with Crippen LogP contribution in [0.2, 0.25) is 5.02 Å². The van der Waals surface area contributed by atoms with Gasteiger partial charge in [0.1, 0.15) is 0 Å². The number of halogens is 1. The summed E-state index contributed by atoms with van der Waals surface area (Å²) >= 11 is 6.01. The van der Waals surface area contributed by atoms with E-state index in [4.69, 9.17) is 16.7 Å². The van der Waals surface area contributed by atoms with Crippen LogP contribution in [-0.4, -0.2) is 31.1 Å². The minimum absolute atomic E-state index is 0.253. The van der Waals surface area contributed by atoms with Gasteiger partial charge in [0.05, 0.1) is 5.02 Å². The van der Waals surface area contributed by atoms with Crippen LogP contribution in [0.1, 0.15) is 23.2 Å². The quantitative estimate of drug-likeness (QED) is 0.838. The van der Waals surface area contributed by atoms with E-state index in [1.165, 1.54) is 0 Å². The summed E-state index contributed by atoms with van der Waals surface area (Å²) in [6.45, 7) is 2.20. The first kappa shape index (κ1) is 12.4. The summed E-state index contributed by atoms with van der Waals surface area (Å²) in [5.41, 5.74) is 1.59. The Kier molecular flexibility index (Phi) is 4.02. The van der Waals surface area contributed by atoms with Crippen molar-refractivity contribution in [2.75, 3.05) is 24.6 Å². The van der Waals surface area contributed by atoms with Gasteiger partial charge in [0.2, 0.25) is 0 Å². The molecule has 0 spiro atoms. The molecular formula is C13H16ClNO2. The van der Waals surface area contributed by atoms with E-state index in [-0.39, 0.29) is 6.61 Å². The molecule has 1 fully saturated rings. The predicted octanol–water partition coefficient (Wildman–Crippen LogP) is 2.36. The highest BCUT2D eigenvalue weighted by atomic mass is 35.5. The molecule has 1 unspecified atom stereocenters. The second-order valence-electron chi connectivity index (χ2n) is 4.44. The van der Waals surface area contributed by atoms with E-state index in [9.17, 15) is 4.79 Å². The van der Waals surface area contributed by atoms with Crippen LogP contribution in [0.25, 0.3) is 0 Å². The monoisotopic (exact) mass is 253 g/mol. The van der Waals surface area contributed by atoms with Gasteiger partial charge in [-0.1, -0.05) is 11.6 Å². The van der Waals surface area contributed by atoms with Crippen molar-refractivity contribution in [1.82, 2.24) is 0 Å². The van der Waals surface area contributed by atoms with Gasteiger partial charge in [-0.25, -0.2) is 0 Å². The van der Waals surface area contributed by atoms with Crippen LogP contribution in [0.4, 0.5) is 5.69 Å². The highest BCUT2D eigenvalue weighted by molar-refractivity contribution is 6.33. The van der Waals surface area contributed by atoms with Crippen LogP contribution < -0.4 is 4.90 Å². The molecule has 0 bridgehead atoms. The Balaban J connectivity index is 2.08. The summed E-state index contributed by atoms with van der Waals surface area (Å²) in [6, 6.07) is 5.52. The summed E-state index contributed by atoms with van der Waals surface area (Å²) in [4.78, 5) is 12.9. The van der Waals surface area contributed by atoms with Gasteiger partial charge in [-0.3, -0.25) is 4.79 Å². The minimum atomic E-state index is 0.253. The molecule has 1 heterocycles. The molecule has 17 heavy (non-hydrogen) atoms. The number of hydrogen-bond donors (Lipinski definition) is 1. The van der Waals surface area contributed by atoms with E-state index < -0.39 is 0 Å². The number of aldehydes is 1. The molecule has 0 aromatic heterocycles. The Morgan fingerprint density at radius 3 is 3.00 bits per heavy atom. The van der Waals surface area contributed by atoms with Crippen molar-refractivity contribution in [3.8, 4) is 0 Å². The molecule has 1 aliphatic heterocycles. The lowest BCUT2D eigenvalue weighted by molar-refractivity contribution is 0.112. The third-order valence-corrected chi connectivity index (χ3v) is 3.63. The first-order chi connectivity index (χ1) is 8.24. The number of carbonyl (C=O) groups excluding carboxylic acids is 1. The third-order valence-electron chi connectivity index (χ3n) is 3.30. The second kappa shape index (κ2) is 5.52. The normalized spacial score (nSPS) is 19.6. The second-order valence-corrected chi connectivity index (χ2v) is 4.84. The number of aliphatic hydroxyl groups is 1. The molecule has 0 radical (unpaired) electrons. The molecule has 0 saturated carbocycles. The molecule has 1 atom stereocenters. The SMILES string of the molecule is O=Cc1ccc(N2CCC(CCO)C2)cc1Cl. The lowest BCUT2D eigenvalue weighted by atomic mass is 10.1. The molecule has 92 valence electrons. The van der Waals surface area contributed by atoms with Gasteiger partial charge < -0.3 is 10.0 Å². The summed E-state index contributed by atoms with van der Waals surface area (Å²) in [5.74, 6) is 0.560. The fraction of sp³-hybridized carbons (Fsp3) is 0.462. The van der Waals surface area contributed by atoms with E-state index in [1.54, 1.807) is 6.07 Å². The molecule has 0 amide bonds. The number of hydrogen-bond acceptors (Lipinski definition) is 3. The molecule has 1 aliphatic rings. The average molecular weight is 254 g/mol. The highest BCUT2D eigenvalue weighted by Gasteiger charge is 2.22. The van der Waals surface area contributed by atoms with Crippen LogP contribution >= 0.6 is 11.6 Å². The molecule has 1 aromatic rings. The summed E-state index contributed by atoms with van der Waals surface area (Å²) < 4.78 is 0. The first-order valence-corrected chi connectivity index (χ1v) is 6.23. The number of nitrogens with zero attached hydrogens (tertiary/aromatic N) is 1. The van der Waals surface area contributed by atoms with E-state index in [0.29, 0.717) is 16.5 Å². The van der Waals surface area contributed by atoms with E-state index >= 15 is 0 Å². The lowest BCUT2D eigenvalue weighted by Crippen LogP contribution is -2.19. The highest BCUT2D eigenvalue weighted by Crippen LogP contribution is 2.28. The van der Waals surface area contributed by atoms with Crippen molar-refractivity contribution >= 4 is 23.6 Å². The third kappa shape index (κ3) is 2.79. The number of rotatable bonds is 4. The van der Waals surface area contributed by atoms with Crippen molar-refractivity contribution in [3.05, 3.63) is 28.8 Å². The minimum Gasteiger partial charge on any atom is -0.396 e. The zero-order valence-corrected chi connectivity index (χ0v) is 10.4. The smallest absolute Gasteiger partial charge is 0.151 e. The topological polar surface area (TPSA) is 40.5 Å². The van der Waals surface area contributed by atoms with Crippen LogP contribution in [-0.2, 0) is 0 Å². The number of anilines is 1. The molecule has 2 rings (SSSR count). The van der Waals surface area contributed by atoms with Gasteiger partial charge >= 0.3 is 0 Å². The molecule has 1 saturated heterocycles. The van der Waals surface area contributed by atoms with Gasteiger partial charge in [0, 0.05) is 30.9 Å². The van der Waals surface area contributed by atoms with Crippen LogP contribution in [0.5, 0.6) is 0 Å². The number of benzene rings is 1. The van der Waals surface area contributed by atoms with Crippen LogP contribution in [0.15, 0.2) is 18.2 Å². The number of aliphatic hydroxyl groups excluding tert-OH is 1. The number of carbonyl (C=O) groups is 1.